The average Bonchev–Trinajstić information content (AvgIpc) is 3.20. The standard InChI is InChI=1S/C28H29ClN2O3S/c1-20-17-24-19-23(7-12-27(24)31(20)35(33,34)26-10-8-25(29)9-11-26)28(32)30-15-13-22(14-16-30)18-21-5-3-2-4-6-21/h2-12,19-20,22H,13-18H2,1H3/t20-/m1/s1. The molecule has 0 radical (unpaired) electrons. The van der Waals surface area contributed by atoms with Crippen molar-refractivity contribution in [3.05, 3.63) is 94.5 Å². The first kappa shape index (κ1) is 23.9. The Morgan fingerprint density at radius 2 is 1.66 bits per heavy atom. The highest BCUT2D eigenvalue weighted by molar-refractivity contribution is 7.92. The molecule has 2 aliphatic heterocycles. The van der Waals surface area contributed by atoms with Gasteiger partial charge in [0.15, 0.2) is 0 Å². The molecule has 2 heterocycles. The lowest BCUT2D eigenvalue weighted by molar-refractivity contribution is 0.0690. The molecule has 3 aromatic carbocycles. The Bertz CT molecular complexity index is 1320. The topological polar surface area (TPSA) is 57.7 Å². The Morgan fingerprint density at radius 3 is 2.34 bits per heavy atom. The Balaban J connectivity index is 1.29. The Hall–Kier alpha value is -2.83. The van der Waals surface area contributed by atoms with Crippen LogP contribution in [0.25, 0.3) is 0 Å². The maximum absolute atomic E-state index is 13.4. The molecule has 35 heavy (non-hydrogen) atoms. The molecule has 2 aliphatic rings. The first-order chi connectivity index (χ1) is 16.8. The van der Waals surface area contributed by atoms with E-state index in [0.29, 0.717) is 28.6 Å². The number of carbonyl (C=O) groups excluding carboxylic acids is 1. The quantitative estimate of drug-likeness (QED) is 0.452. The Kier molecular flexibility index (Phi) is 6.60. The predicted molar refractivity (Wildman–Crippen MR) is 139 cm³/mol. The summed E-state index contributed by atoms with van der Waals surface area (Å²) in [5.41, 5.74) is 3.51. The molecule has 0 unspecified atom stereocenters. The molecule has 1 fully saturated rings. The summed E-state index contributed by atoms with van der Waals surface area (Å²) < 4.78 is 28.2. The molecule has 7 heteroatoms. The van der Waals surface area contributed by atoms with Gasteiger partial charge < -0.3 is 4.90 Å². The SMILES string of the molecule is C[C@@H]1Cc2cc(C(=O)N3CCC(Cc4ccccc4)CC3)ccc2N1S(=O)(=O)c1ccc(Cl)cc1. The van der Waals surface area contributed by atoms with Gasteiger partial charge in [0, 0.05) is 29.7 Å². The predicted octanol–water partition coefficient (Wildman–Crippen LogP) is 5.57. The summed E-state index contributed by atoms with van der Waals surface area (Å²) in [7, 11) is -3.72. The largest absolute Gasteiger partial charge is 0.339 e. The van der Waals surface area contributed by atoms with E-state index < -0.39 is 10.0 Å². The van der Waals surface area contributed by atoms with Crippen LogP contribution in [0, 0.1) is 5.92 Å². The van der Waals surface area contributed by atoms with E-state index in [0.717, 1.165) is 37.9 Å². The molecule has 1 amide bonds. The van der Waals surface area contributed by atoms with E-state index in [1.54, 1.807) is 24.3 Å². The molecule has 182 valence electrons. The van der Waals surface area contributed by atoms with Crippen molar-refractivity contribution < 1.29 is 13.2 Å². The molecule has 1 saturated heterocycles. The van der Waals surface area contributed by atoms with Crippen molar-refractivity contribution >= 4 is 33.2 Å². The van der Waals surface area contributed by atoms with Gasteiger partial charge in [-0.05, 0) is 92.1 Å². The number of likely N-dealkylation sites (tertiary alicyclic amines) is 1. The van der Waals surface area contributed by atoms with Crippen LogP contribution >= 0.6 is 11.6 Å². The smallest absolute Gasteiger partial charge is 0.264 e. The first-order valence-corrected chi connectivity index (χ1v) is 13.9. The van der Waals surface area contributed by atoms with E-state index in [1.165, 1.54) is 22.0 Å². The molecule has 0 N–H and O–H groups in total. The summed E-state index contributed by atoms with van der Waals surface area (Å²) in [6, 6.07) is 21.9. The van der Waals surface area contributed by atoms with Crippen molar-refractivity contribution in [3.8, 4) is 0 Å². The normalized spacial score (nSPS) is 18.5. The first-order valence-electron chi connectivity index (χ1n) is 12.1. The number of amides is 1. The van der Waals surface area contributed by atoms with Gasteiger partial charge in [-0.3, -0.25) is 9.10 Å². The number of benzene rings is 3. The van der Waals surface area contributed by atoms with Crippen LogP contribution < -0.4 is 4.31 Å². The van der Waals surface area contributed by atoms with Crippen molar-refractivity contribution in [1.29, 1.82) is 0 Å². The van der Waals surface area contributed by atoms with Gasteiger partial charge in [0.2, 0.25) is 0 Å². The second-order valence-corrected chi connectivity index (χ2v) is 11.8. The second kappa shape index (κ2) is 9.67. The van der Waals surface area contributed by atoms with Crippen molar-refractivity contribution in [2.45, 2.75) is 43.5 Å². The van der Waals surface area contributed by atoms with Crippen LogP contribution in [-0.2, 0) is 22.9 Å². The van der Waals surface area contributed by atoms with Crippen LogP contribution in [-0.4, -0.2) is 38.4 Å². The highest BCUT2D eigenvalue weighted by Crippen LogP contribution is 2.38. The zero-order chi connectivity index (χ0) is 24.6. The van der Waals surface area contributed by atoms with Crippen LogP contribution in [0.15, 0.2) is 77.7 Å². The fourth-order valence-electron chi connectivity index (χ4n) is 5.29. The lowest BCUT2D eigenvalue weighted by Crippen LogP contribution is -2.39. The summed E-state index contributed by atoms with van der Waals surface area (Å²) in [6.07, 6.45) is 3.62. The zero-order valence-electron chi connectivity index (χ0n) is 19.7. The summed E-state index contributed by atoms with van der Waals surface area (Å²) in [5.74, 6) is 0.617. The van der Waals surface area contributed by atoms with Gasteiger partial charge in [-0.25, -0.2) is 8.42 Å². The van der Waals surface area contributed by atoms with E-state index in [4.69, 9.17) is 11.6 Å². The minimum absolute atomic E-state index is 0.0256. The molecule has 3 aromatic rings. The number of carbonyl (C=O) groups is 1. The number of nitrogens with zero attached hydrogens (tertiary/aromatic N) is 2. The summed E-state index contributed by atoms with van der Waals surface area (Å²) in [4.78, 5) is 15.4. The summed E-state index contributed by atoms with van der Waals surface area (Å²) in [5, 5.41) is 0.492. The van der Waals surface area contributed by atoms with E-state index in [-0.39, 0.29) is 16.8 Å². The van der Waals surface area contributed by atoms with Crippen molar-refractivity contribution in [3.63, 3.8) is 0 Å². The number of hydrogen-bond acceptors (Lipinski definition) is 3. The number of anilines is 1. The maximum Gasteiger partial charge on any atom is 0.264 e. The van der Waals surface area contributed by atoms with Crippen LogP contribution in [0.1, 0.15) is 41.3 Å². The monoisotopic (exact) mass is 508 g/mol. The minimum Gasteiger partial charge on any atom is -0.339 e. The van der Waals surface area contributed by atoms with E-state index in [2.05, 4.69) is 24.3 Å². The Labute approximate surface area is 212 Å². The lowest BCUT2D eigenvalue weighted by Gasteiger charge is -2.32. The molecule has 5 rings (SSSR count). The van der Waals surface area contributed by atoms with Gasteiger partial charge in [0.1, 0.15) is 0 Å². The molecule has 0 saturated carbocycles. The second-order valence-electron chi connectivity index (χ2n) is 9.58. The van der Waals surface area contributed by atoms with Gasteiger partial charge in [0.05, 0.1) is 10.6 Å². The van der Waals surface area contributed by atoms with Gasteiger partial charge in [-0.2, -0.15) is 0 Å². The van der Waals surface area contributed by atoms with Gasteiger partial charge in [-0.15, -0.1) is 0 Å². The van der Waals surface area contributed by atoms with Crippen LogP contribution in [0.3, 0.4) is 0 Å². The molecule has 0 aromatic heterocycles. The van der Waals surface area contributed by atoms with Crippen LogP contribution in [0.4, 0.5) is 5.69 Å². The molecule has 5 nitrogen and oxygen atoms in total. The maximum atomic E-state index is 13.4. The molecular weight excluding hydrogens is 480 g/mol. The van der Waals surface area contributed by atoms with Crippen LogP contribution in [0.2, 0.25) is 5.02 Å². The van der Waals surface area contributed by atoms with Gasteiger partial charge in [0.25, 0.3) is 15.9 Å². The number of piperidine rings is 1. The van der Waals surface area contributed by atoms with Crippen molar-refractivity contribution in [1.82, 2.24) is 4.90 Å². The fourth-order valence-corrected chi connectivity index (χ4v) is 7.11. The third-order valence-corrected chi connectivity index (χ3v) is 9.31. The average molecular weight is 509 g/mol. The third-order valence-electron chi connectivity index (χ3n) is 7.12. The number of hydrogen-bond donors (Lipinski definition) is 0. The van der Waals surface area contributed by atoms with Gasteiger partial charge >= 0.3 is 0 Å². The fraction of sp³-hybridized carbons (Fsp3) is 0.321. The number of rotatable bonds is 5. The summed E-state index contributed by atoms with van der Waals surface area (Å²) >= 11 is 5.94. The highest BCUT2D eigenvalue weighted by Gasteiger charge is 2.36. The van der Waals surface area contributed by atoms with E-state index >= 15 is 0 Å². The van der Waals surface area contributed by atoms with Crippen LogP contribution in [0.5, 0.6) is 0 Å². The number of fused-ring (bicyclic) bond motifs is 1. The minimum atomic E-state index is -3.72. The summed E-state index contributed by atoms with van der Waals surface area (Å²) in [6.45, 7) is 3.40. The molecule has 1 atom stereocenters. The van der Waals surface area contributed by atoms with E-state index in [1.807, 2.05) is 24.0 Å². The molecular formula is C28H29ClN2O3S. The molecule has 0 bridgehead atoms. The van der Waals surface area contributed by atoms with Crippen molar-refractivity contribution in [2.75, 3.05) is 17.4 Å². The Morgan fingerprint density at radius 1 is 0.971 bits per heavy atom. The molecule has 0 aliphatic carbocycles. The number of halogens is 1. The van der Waals surface area contributed by atoms with E-state index in [9.17, 15) is 13.2 Å². The van der Waals surface area contributed by atoms with Crippen molar-refractivity contribution in [2.24, 2.45) is 5.92 Å². The van der Waals surface area contributed by atoms with Gasteiger partial charge in [-0.1, -0.05) is 41.9 Å². The zero-order valence-corrected chi connectivity index (χ0v) is 21.3. The molecule has 0 spiro atoms. The number of sulfonamides is 1. The third kappa shape index (κ3) is 4.82. The highest BCUT2D eigenvalue weighted by atomic mass is 35.5. The lowest BCUT2D eigenvalue weighted by atomic mass is 9.90.